The van der Waals surface area contributed by atoms with Gasteiger partial charge in [-0.15, -0.1) is 0 Å². The smallest absolute Gasteiger partial charge is 0.253 e. The van der Waals surface area contributed by atoms with Gasteiger partial charge in [0.05, 0.1) is 0 Å². The predicted molar refractivity (Wildman–Crippen MR) is 119 cm³/mol. The van der Waals surface area contributed by atoms with E-state index >= 15 is 0 Å². The summed E-state index contributed by atoms with van der Waals surface area (Å²) < 4.78 is 0. The molecule has 1 unspecified atom stereocenters. The number of likely N-dealkylation sites (tertiary alicyclic amines) is 1. The molecular formula is C23H34ClN3O3. The molecule has 1 aromatic rings. The molecule has 2 rings (SSSR count). The molecule has 1 saturated heterocycles. The number of piperidine rings is 1. The van der Waals surface area contributed by atoms with Crippen molar-refractivity contribution in [2.75, 3.05) is 26.2 Å². The fraction of sp³-hybridized carbons (Fsp3) is 0.609. The Morgan fingerprint density at radius 3 is 2.17 bits per heavy atom. The van der Waals surface area contributed by atoms with Crippen LogP contribution in [-0.4, -0.2) is 59.7 Å². The Kier molecular flexibility index (Phi) is 9.15. The number of amides is 3. The Balaban J connectivity index is 2.07. The highest BCUT2D eigenvalue weighted by molar-refractivity contribution is 6.30. The van der Waals surface area contributed by atoms with Gasteiger partial charge >= 0.3 is 0 Å². The lowest BCUT2D eigenvalue weighted by Crippen LogP contribution is -2.54. The first kappa shape index (κ1) is 24.2. The highest BCUT2D eigenvalue weighted by Crippen LogP contribution is 2.24. The van der Waals surface area contributed by atoms with E-state index in [9.17, 15) is 14.4 Å². The van der Waals surface area contributed by atoms with Gasteiger partial charge in [0.2, 0.25) is 11.8 Å². The number of carbonyl (C=O) groups is 3. The topological polar surface area (TPSA) is 69.7 Å². The number of likely N-dealkylation sites (N-methyl/N-ethyl adjacent to an activating group) is 1. The zero-order valence-electron chi connectivity index (χ0n) is 18.5. The van der Waals surface area contributed by atoms with Crippen molar-refractivity contribution in [2.24, 2.45) is 11.8 Å². The van der Waals surface area contributed by atoms with Crippen molar-refractivity contribution in [3.8, 4) is 0 Å². The molecule has 3 amide bonds. The summed E-state index contributed by atoms with van der Waals surface area (Å²) in [5.41, 5.74) is 0.610. The third-order valence-corrected chi connectivity index (χ3v) is 5.89. The maximum absolute atomic E-state index is 13.1. The predicted octanol–water partition coefficient (Wildman–Crippen LogP) is 3.59. The summed E-state index contributed by atoms with van der Waals surface area (Å²) in [6.45, 7) is 10.2. The van der Waals surface area contributed by atoms with E-state index in [1.165, 1.54) is 0 Å². The van der Waals surface area contributed by atoms with Crippen molar-refractivity contribution in [2.45, 2.75) is 53.0 Å². The van der Waals surface area contributed by atoms with Crippen LogP contribution in [0.3, 0.4) is 0 Å². The maximum atomic E-state index is 13.1. The highest BCUT2D eigenvalue weighted by atomic mass is 35.5. The van der Waals surface area contributed by atoms with Gasteiger partial charge in [0.15, 0.2) is 0 Å². The van der Waals surface area contributed by atoms with Crippen LogP contribution in [0.25, 0.3) is 0 Å². The normalized spacial score (nSPS) is 15.7. The zero-order chi connectivity index (χ0) is 22.3. The summed E-state index contributed by atoms with van der Waals surface area (Å²) in [5.74, 6) is 0.104. The van der Waals surface area contributed by atoms with E-state index in [1.54, 1.807) is 29.2 Å². The standard InChI is InChI=1S/C23H34ClN3O3/c1-5-26(6-2)23(30)21(25-20(28)15-16(3)4)17-11-13-27(14-12-17)22(29)18-7-9-19(24)10-8-18/h7-10,16-17,21H,5-6,11-15H2,1-4H3,(H,25,28). The second kappa shape index (κ2) is 11.3. The van der Waals surface area contributed by atoms with Gasteiger partial charge in [-0.1, -0.05) is 25.4 Å². The van der Waals surface area contributed by atoms with Gasteiger partial charge in [-0.25, -0.2) is 0 Å². The molecule has 166 valence electrons. The molecule has 6 nitrogen and oxygen atoms in total. The van der Waals surface area contributed by atoms with E-state index in [2.05, 4.69) is 5.32 Å². The molecule has 1 N–H and O–H groups in total. The molecule has 0 aliphatic carbocycles. The Morgan fingerprint density at radius 2 is 1.67 bits per heavy atom. The van der Waals surface area contributed by atoms with Crippen molar-refractivity contribution >= 4 is 29.3 Å². The third kappa shape index (κ3) is 6.46. The molecule has 1 heterocycles. The SMILES string of the molecule is CCN(CC)C(=O)C(NC(=O)CC(C)C)C1CCN(C(=O)c2ccc(Cl)cc2)CC1. The van der Waals surface area contributed by atoms with E-state index < -0.39 is 6.04 Å². The summed E-state index contributed by atoms with van der Waals surface area (Å²) >= 11 is 5.91. The van der Waals surface area contributed by atoms with Crippen LogP contribution in [0.4, 0.5) is 0 Å². The van der Waals surface area contributed by atoms with Crippen molar-refractivity contribution in [1.29, 1.82) is 0 Å². The molecule has 0 radical (unpaired) electrons. The summed E-state index contributed by atoms with van der Waals surface area (Å²) in [4.78, 5) is 41.9. The summed E-state index contributed by atoms with van der Waals surface area (Å²) in [6, 6.07) is 6.35. The fourth-order valence-electron chi connectivity index (χ4n) is 3.93. The molecule has 1 aliphatic rings. The van der Waals surface area contributed by atoms with Crippen LogP contribution in [0, 0.1) is 11.8 Å². The van der Waals surface area contributed by atoms with Crippen molar-refractivity contribution in [3.05, 3.63) is 34.9 Å². The number of hydrogen-bond acceptors (Lipinski definition) is 3. The second-order valence-corrected chi connectivity index (χ2v) is 8.73. The number of nitrogens with one attached hydrogen (secondary N) is 1. The quantitative estimate of drug-likeness (QED) is 0.678. The molecule has 30 heavy (non-hydrogen) atoms. The lowest BCUT2D eigenvalue weighted by molar-refractivity contribution is -0.138. The van der Waals surface area contributed by atoms with Gasteiger partial charge in [-0.05, 0) is 62.8 Å². The monoisotopic (exact) mass is 435 g/mol. The first-order valence-electron chi connectivity index (χ1n) is 10.9. The Hall–Kier alpha value is -2.08. The Bertz CT molecular complexity index is 724. The van der Waals surface area contributed by atoms with Crippen LogP contribution in [0.1, 0.15) is 57.3 Å². The summed E-state index contributed by atoms with van der Waals surface area (Å²) in [7, 11) is 0. The molecule has 7 heteroatoms. The molecule has 1 atom stereocenters. The highest BCUT2D eigenvalue weighted by Gasteiger charge is 2.35. The number of nitrogens with zero attached hydrogens (tertiary/aromatic N) is 2. The van der Waals surface area contributed by atoms with Crippen LogP contribution in [0.15, 0.2) is 24.3 Å². The van der Waals surface area contributed by atoms with Crippen molar-refractivity contribution in [3.63, 3.8) is 0 Å². The number of rotatable bonds is 8. The van der Waals surface area contributed by atoms with Crippen LogP contribution in [0.2, 0.25) is 5.02 Å². The maximum Gasteiger partial charge on any atom is 0.253 e. The molecule has 1 aromatic carbocycles. The molecule has 0 saturated carbocycles. The minimum Gasteiger partial charge on any atom is -0.344 e. The fourth-order valence-corrected chi connectivity index (χ4v) is 4.05. The van der Waals surface area contributed by atoms with Gasteiger partial charge in [0.1, 0.15) is 6.04 Å². The average Bonchev–Trinajstić information content (AvgIpc) is 2.72. The first-order valence-corrected chi connectivity index (χ1v) is 11.3. The first-order chi connectivity index (χ1) is 14.3. The Labute approximate surface area is 184 Å². The van der Waals surface area contributed by atoms with Gasteiger partial charge in [0, 0.05) is 43.2 Å². The van der Waals surface area contributed by atoms with Crippen LogP contribution < -0.4 is 5.32 Å². The van der Waals surface area contributed by atoms with Gasteiger partial charge in [0.25, 0.3) is 5.91 Å². The number of benzene rings is 1. The Morgan fingerprint density at radius 1 is 1.10 bits per heavy atom. The van der Waals surface area contributed by atoms with Gasteiger partial charge < -0.3 is 15.1 Å². The van der Waals surface area contributed by atoms with Crippen LogP contribution in [-0.2, 0) is 9.59 Å². The van der Waals surface area contributed by atoms with Gasteiger partial charge in [-0.3, -0.25) is 14.4 Å². The van der Waals surface area contributed by atoms with Gasteiger partial charge in [-0.2, -0.15) is 0 Å². The van der Waals surface area contributed by atoms with Crippen LogP contribution >= 0.6 is 11.6 Å². The minimum absolute atomic E-state index is 0.0171. The second-order valence-electron chi connectivity index (χ2n) is 8.29. The van der Waals surface area contributed by atoms with E-state index in [1.807, 2.05) is 32.6 Å². The third-order valence-electron chi connectivity index (χ3n) is 5.64. The number of carbonyl (C=O) groups excluding carboxylic acids is 3. The summed E-state index contributed by atoms with van der Waals surface area (Å²) in [6.07, 6.45) is 1.76. The van der Waals surface area contributed by atoms with E-state index in [4.69, 9.17) is 11.6 Å². The summed E-state index contributed by atoms with van der Waals surface area (Å²) in [5, 5.41) is 3.60. The minimum atomic E-state index is -0.538. The molecule has 0 bridgehead atoms. The van der Waals surface area contributed by atoms with E-state index in [0.717, 1.165) is 0 Å². The molecule has 0 spiro atoms. The lowest BCUT2D eigenvalue weighted by Gasteiger charge is -2.37. The molecule has 1 fully saturated rings. The van der Waals surface area contributed by atoms with Crippen molar-refractivity contribution in [1.82, 2.24) is 15.1 Å². The van der Waals surface area contributed by atoms with Crippen molar-refractivity contribution < 1.29 is 14.4 Å². The van der Waals surface area contributed by atoms with E-state index in [0.29, 0.717) is 56.0 Å². The van der Waals surface area contributed by atoms with E-state index in [-0.39, 0.29) is 29.6 Å². The molecule has 0 aromatic heterocycles. The molecule has 1 aliphatic heterocycles. The number of hydrogen-bond donors (Lipinski definition) is 1. The molecular weight excluding hydrogens is 402 g/mol. The number of halogens is 1. The van der Waals surface area contributed by atoms with Crippen LogP contribution in [0.5, 0.6) is 0 Å². The largest absolute Gasteiger partial charge is 0.344 e. The average molecular weight is 436 g/mol. The lowest BCUT2D eigenvalue weighted by atomic mass is 9.87. The zero-order valence-corrected chi connectivity index (χ0v) is 19.2.